The monoisotopic (exact) mass is 344 g/mol. The van der Waals surface area contributed by atoms with Crippen LogP contribution in [0.1, 0.15) is 27.2 Å². The predicted octanol–water partition coefficient (Wildman–Crippen LogP) is 4.36. The van der Waals surface area contributed by atoms with E-state index in [1.54, 1.807) is 6.20 Å². The summed E-state index contributed by atoms with van der Waals surface area (Å²) in [6, 6.07) is 5.79. The number of halogens is 1. The first-order chi connectivity index (χ1) is 11.3. The molecule has 4 nitrogen and oxygen atoms in total. The highest BCUT2D eigenvalue weighted by atomic mass is 35.5. The molecule has 0 atom stereocenters. The van der Waals surface area contributed by atoms with Gasteiger partial charge in [-0.3, -0.25) is 4.98 Å². The third-order valence-electron chi connectivity index (χ3n) is 4.28. The van der Waals surface area contributed by atoms with Gasteiger partial charge in [-0.15, -0.1) is 0 Å². The number of pyridine rings is 2. The minimum absolute atomic E-state index is 0.268. The number of hydrogen-bond acceptors (Lipinski definition) is 4. The molecule has 24 heavy (non-hydrogen) atoms. The van der Waals surface area contributed by atoms with Gasteiger partial charge in [0.05, 0.1) is 16.1 Å². The molecule has 0 bridgehead atoms. The third kappa shape index (κ3) is 3.81. The van der Waals surface area contributed by atoms with E-state index >= 15 is 0 Å². The van der Waals surface area contributed by atoms with Gasteiger partial charge in [0.2, 0.25) is 0 Å². The van der Waals surface area contributed by atoms with E-state index in [0.29, 0.717) is 5.02 Å². The molecule has 1 fully saturated rings. The summed E-state index contributed by atoms with van der Waals surface area (Å²) < 4.78 is 0. The number of fused-ring (bicyclic) bond motifs is 1. The van der Waals surface area contributed by atoms with Crippen LogP contribution in [0.3, 0.4) is 0 Å². The number of piperazine rings is 1. The van der Waals surface area contributed by atoms with Crippen LogP contribution in [-0.2, 0) is 0 Å². The number of nitrogens with zero attached hydrogens (tertiary/aromatic N) is 4. The second-order valence-corrected chi connectivity index (χ2v) is 8.02. The molecule has 1 aliphatic heterocycles. The number of hydrogen-bond donors (Lipinski definition) is 0. The Bertz CT molecular complexity index is 743. The minimum Gasteiger partial charge on any atom is -0.372 e. The van der Waals surface area contributed by atoms with E-state index in [1.807, 2.05) is 18.2 Å². The van der Waals surface area contributed by atoms with Crippen LogP contribution in [0.2, 0.25) is 5.02 Å². The lowest BCUT2D eigenvalue weighted by molar-refractivity contribution is 0.276. The summed E-state index contributed by atoms with van der Waals surface area (Å²) in [5.41, 5.74) is 3.22. The Hall–Kier alpha value is -1.81. The van der Waals surface area contributed by atoms with Crippen LogP contribution in [0.5, 0.6) is 0 Å². The smallest absolute Gasteiger partial charge is 0.148 e. The van der Waals surface area contributed by atoms with Crippen LogP contribution in [-0.4, -0.2) is 41.0 Å². The Labute approximate surface area is 149 Å². The Morgan fingerprint density at radius 1 is 1.21 bits per heavy atom. The molecule has 5 heteroatoms. The zero-order valence-corrected chi connectivity index (χ0v) is 15.5. The molecule has 0 saturated carbocycles. The van der Waals surface area contributed by atoms with Crippen molar-refractivity contribution in [1.29, 1.82) is 0 Å². The van der Waals surface area contributed by atoms with E-state index in [9.17, 15) is 0 Å². The van der Waals surface area contributed by atoms with Gasteiger partial charge in [0.25, 0.3) is 0 Å². The zero-order chi connectivity index (χ0) is 17.3. The van der Waals surface area contributed by atoms with Crippen molar-refractivity contribution in [2.45, 2.75) is 27.2 Å². The van der Waals surface area contributed by atoms with E-state index in [-0.39, 0.29) is 5.41 Å². The largest absolute Gasteiger partial charge is 0.372 e. The SMILES string of the molecule is C=C(CC(C)(C)C)N1CCN(c2nc3cccnc3cc2Cl)CC1. The van der Waals surface area contributed by atoms with Crippen LogP contribution >= 0.6 is 11.6 Å². The Morgan fingerprint density at radius 2 is 1.92 bits per heavy atom. The summed E-state index contributed by atoms with van der Waals surface area (Å²) in [4.78, 5) is 13.7. The van der Waals surface area contributed by atoms with Gasteiger partial charge in [0.15, 0.2) is 0 Å². The molecule has 2 aromatic heterocycles. The van der Waals surface area contributed by atoms with Gasteiger partial charge in [-0.2, -0.15) is 0 Å². The standard InChI is InChI=1S/C19H25ClN4/c1-14(13-19(2,3)4)23-8-10-24(11-9-23)18-15(20)12-17-16(22-18)6-5-7-21-17/h5-7,12H,1,8-11,13H2,2-4H3. The summed E-state index contributed by atoms with van der Waals surface area (Å²) in [6.07, 6.45) is 2.78. The fourth-order valence-electron chi connectivity index (χ4n) is 3.15. The predicted molar refractivity (Wildman–Crippen MR) is 102 cm³/mol. The number of anilines is 1. The van der Waals surface area contributed by atoms with Crippen molar-refractivity contribution in [1.82, 2.24) is 14.9 Å². The van der Waals surface area contributed by atoms with Crippen LogP contribution in [0, 0.1) is 5.41 Å². The van der Waals surface area contributed by atoms with Gasteiger partial charge >= 0.3 is 0 Å². The molecule has 128 valence electrons. The summed E-state index contributed by atoms with van der Waals surface area (Å²) in [5, 5.41) is 0.670. The van der Waals surface area contributed by atoms with E-state index in [1.165, 1.54) is 5.70 Å². The van der Waals surface area contributed by atoms with E-state index in [2.05, 4.69) is 42.1 Å². The highest BCUT2D eigenvalue weighted by Crippen LogP contribution is 2.29. The van der Waals surface area contributed by atoms with Gasteiger partial charge < -0.3 is 9.80 Å². The summed E-state index contributed by atoms with van der Waals surface area (Å²) in [5.74, 6) is 0.859. The molecule has 0 unspecified atom stereocenters. The molecule has 0 radical (unpaired) electrons. The number of aromatic nitrogens is 2. The van der Waals surface area contributed by atoms with Crippen molar-refractivity contribution in [3.05, 3.63) is 41.7 Å². The molecule has 0 spiro atoms. The average Bonchev–Trinajstić information content (AvgIpc) is 2.53. The third-order valence-corrected chi connectivity index (χ3v) is 4.56. The van der Waals surface area contributed by atoms with Crippen molar-refractivity contribution in [3.63, 3.8) is 0 Å². The summed E-state index contributed by atoms with van der Waals surface area (Å²) in [7, 11) is 0. The van der Waals surface area contributed by atoms with Crippen LogP contribution in [0.4, 0.5) is 5.82 Å². The number of allylic oxidation sites excluding steroid dienone is 1. The van der Waals surface area contributed by atoms with E-state index in [4.69, 9.17) is 16.6 Å². The van der Waals surface area contributed by atoms with Crippen molar-refractivity contribution in [3.8, 4) is 0 Å². The molecule has 0 amide bonds. The van der Waals surface area contributed by atoms with Crippen LogP contribution in [0.15, 0.2) is 36.7 Å². The lowest BCUT2D eigenvalue weighted by Gasteiger charge is -2.39. The molecule has 1 aliphatic rings. The van der Waals surface area contributed by atoms with Gasteiger partial charge in [0.1, 0.15) is 5.82 Å². The molecule has 0 aliphatic carbocycles. The molecule has 2 aromatic rings. The first-order valence-electron chi connectivity index (χ1n) is 8.42. The van der Waals surface area contributed by atoms with Crippen molar-refractivity contribution < 1.29 is 0 Å². The van der Waals surface area contributed by atoms with Crippen LogP contribution < -0.4 is 4.90 Å². The molecular formula is C19H25ClN4. The van der Waals surface area contributed by atoms with Gasteiger partial charge in [0, 0.05) is 38.1 Å². The summed E-state index contributed by atoms with van der Waals surface area (Å²) >= 11 is 6.45. The van der Waals surface area contributed by atoms with Crippen molar-refractivity contribution >= 4 is 28.5 Å². The second kappa shape index (κ2) is 6.60. The first kappa shape index (κ1) is 17.0. The van der Waals surface area contributed by atoms with Crippen LogP contribution in [0.25, 0.3) is 11.0 Å². The maximum absolute atomic E-state index is 6.45. The second-order valence-electron chi connectivity index (χ2n) is 7.61. The minimum atomic E-state index is 0.268. The van der Waals surface area contributed by atoms with Crippen molar-refractivity contribution in [2.75, 3.05) is 31.1 Å². The highest BCUT2D eigenvalue weighted by Gasteiger charge is 2.23. The van der Waals surface area contributed by atoms with Gasteiger partial charge in [-0.25, -0.2) is 4.98 Å². The fourth-order valence-corrected chi connectivity index (χ4v) is 3.41. The first-order valence-corrected chi connectivity index (χ1v) is 8.80. The maximum Gasteiger partial charge on any atom is 0.148 e. The fraction of sp³-hybridized carbons (Fsp3) is 0.474. The maximum atomic E-state index is 6.45. The lowest BCUT2D eigenvalue weighted by Crippen LogP contribution is -2.46. The topological polar surface area (TPSA) is 32.3 Å². The Morgan fingerprint density at radius 3 is 2.58 bits per heavy atom. The molecule has 0 N–H and O–H groups in total. The molecular weight excluding hydrogens is 320 g/mol. The van der Waals surface area contributed by atoms with E-state index < -0.39 is 0 Å². The number of rotatable bonds is 3. The summed E-state index contributed by atoms with van der Waals surface area (Å²) in [6.45, 7) is 14.8. The molecule has 3 heterocycles. The molecule has 0 aromatic carbocycles. The van der Waals surface area contributed by atoms with Crippen molar-refractivity contribution in [2.24, 2.45) is 5.41 Å². The molecule has 3 rings (SSSR count). The van der Waals surface area contributed by atoms with E-state index in [0.717, 1.165) is 49.5 Å². The van der Waals surface area contributed by atoms with Gasteiger partial charge in [-0.1, -0.05) is 39.0 Å². The highest BCUT2D eigenvalue weighted by molar-refractivity contribution is 6.33. The molecule has 1 saturated heterocycles. The lowest BCUT2D eigenvalue weighted by atomic mass is 9.90. The zero-order valence-electron chi connectivity index (χ0n) is 14.7. The normalized spacial score (nSPS) is 15.8. The van der Waals surface area contributed by atoms with Gasteiger partial charge in [-0.05, 0) is 30.0 Å². The average molecular weight is 345 g/mol. The Balaban J connectivity index is 1.71. The quantitative estimate of drug-likeness (QED) is 0.828. The Kier molecular flexibility index (Phi) is 4.68.